The van der Waals surface area contributed by atoms with Crippen LogP contribution in [0.3, 0.4) is 0 Å². The van der Waals surface area contributed by atoms with E-state index >= 15 is 0 Å². The van der Waals surface area contributed by atoms with E-state index in [4.69, 9.17) is 0 Å². The van der Waals surface area contributed by atoms with Crippen LogP contribution in [0.5, 0.6) is 0 Å². The Hall–Kier alpha value is -1.23. The first-order valence-electron chi connectivity index (χ1n) is 3.31. The Balaban J connectivity index is 3.03. The van der Waals surface area contributed by atoms with Crippen LogP contribution in [0.15, 0.2) is 17.1 Å². The molecule has 0 fully saturated rings. The van der Waals surface area contributed by atoms with Crippen LogP contribution in [-0.2, 0) is 4.79 Å². The molecule has 12 heavy (non-hydrogen) atoms. The van der Waals surface area contributed by atoms with Gasteiger partial charge >= 0.3 is 0 Å². The number of carbonyl (C=O) groups is 1. The Kier molecular flexibility index (Phi) is 2.54. The zero-order chi connectivity index (χ0) is 9.14. The van der Waals surface area contributed by atoms with Crippen LogP contribution in [0.25, 0.3) is 0 Å². The molecule has 1 amide bonds. The van der Waals surface area contributed by atoms with Gasteiger partial charge in [0.05, 0.1) is 0 Å². The summed E-state index contributed by atoms with van der Waals surface area (Å²) >= 11 is 0.952. The molecule has 0 atom stereocenters. The molecule has 0 saturated carbocycles. The topological polar surface area (TPSA) is 50.3 Å². The maximum absolute atomic E-state index is 10.9. The van der Waals surface area contributed by atoms with E-state index in [1.54, 1.807) is 7.05 Å². The fourth-order valence-corrected chi connectivity index (χ4v) is 1.29. The highest BCUT2D eigenvalue weighted by Gasteiger charge is 2.06. The molecule has 1 aromatic rings. The Morgan fingerprint density at radius 1 is 1.67 bits per heavy atom. The van der Waals surface area contributed by atoms with Gasteiger partial charge in [-0.3, -0.25) is 14.5 Å². The predicted octanol–water partition coefficient (Wildman–Crippen LogP) is 0.486. The van der Waals surface area contributed by atoms with E-state index in [0.717, 1.165) is 11.3 Å². The molecule has 0 saturated heterocycles. The molecule has 0 aliphatic rings. The molecule has 0 bridgehead atoms. The van der Waals surface area contributed by atoms with Gasteiger partial charge in [0.25, 0.3) is 0 Å². The van der Waals surface area contributed by atoms with Gasteiger partial charge in [-0.05, 0) is 0 Å². The summed E-state index contributed by atoms with van der Waals surface area (Å²) < 4.78 is -0.104. The largest absolute Gasteiger partial charge is 0.291 e. The Morgan fingerprint density at radius 2 is 2.33 bits per heavy atom. The van der Waals surface area contributed by atoms with Gasteiger partial charge in [-0.1, -0.05) is 11.3 Å². The van der Waals surface area contributed by atoms with Crippen LogP contribution in [0.1, 0.15) is 6.92 Å². The molecule has 1 rings (SSSR count). The monoisotopic (exact) mass is 184 g/mol. The Bertz CT molecular complexity index is 347. The first-order chi connectivity index (χ1) is 5.61. The molecule has 1 heterocycles. The van der Waals surface area contributed by atoms with Gasteiger partial charge in [-0.25, -0.2) is 4.98 Å². The average molecular weight is 184 g/mol. The second-order valence-corrected chi connectivity index (χ2v) is 3.20. The van der Waals surface area contributed by atoms with Crippen molar-refractivity contribution < 1.29 is 4.79 Å². The number of amides is 1. The highest BCUT2D eigenvalue weighted by Crippen LogP contribution is 2.09. The van der Waals surface area contributed by atoms with E-state index in [1.165, 1.54) is 24.1 Å². The van der Waals surface area contributed by atoms with Crippen molar-refractivity contribution >= 4 is 22.4 Å². The van der Waals surface area contributed by atoms with Crippen LogP contribution in [0, 0.1) is 0 Å². The molecule has 0 radical (unpaired) electrons. The van der Waals surface area contributed by atoms with E-state index in [-0.39, 0.29) is 10.6 Å². The number of anilines is 1. The predicted molar refractivity (Wildman–Crippen MR) is 47.5 cm³/mol. The number of aromatic nitrogens is 1. The molecule has 0 spiro atoms. The summed E-state index contributed by atoms with van der Waals surface area (Å²) in [6.45, 7) is 1.42. The van der Waals surface area contributed by atoms with E-state index in [9.17, 15) is 9.59 Å². The summed E-state index contributed by atoms with van der Waals surface area (Å²) in [5.41, 5.74) is 0. The van der Waals surface area contributed by atoms with Crippen LogP contribution >= 0.6 is 11.3 Å². The lowest BCUT2D eigenvalue weighted by Gasteiger charge is -2.10. The van der Waals surface area contributed by atoms with Crippen molar-refractivity contribution in [3.8, 4) is 0 Å². The minimum absolute atomic E-state index is 0.104. The van der Waals surface area contributed by atoms with Crippen LogP contribution in [0.4, 0.5) is 5.13 Å². The molecular weight excluding hydrogens is 176 g/mol. The summed E-state index contributed by atoms with van der Waals surface area (Å²) in [4.78, 5) is 26.9. The van der Waals surface area contributed by atoms with Gasteiger partial charge in [-0.2, -0.15) is 0 Å². The van der Waals surface area contributed by atoms with Crippen molar-refractivity contribution in [3.63, 3.8) is 0 Å². The van der Waals surface area contributed by atoms with Crippen LogP contribution in [-0.4, -0.2) is 17.9 Å². The summed E-state index contributed by atoms with van der Waals surface area (Å²) in [6, 6.07) is 1.36. The van der Waals surface area contributed by atoms with Gasteiger partial charge in [0.1, 0.15) is 0 Å². The summed E-state index contributed by atoms with van der Waals surface area (Å²) in [5, 5.41) is 0.426. The number of nitrogens with zero attached hydrogens (tertiary/aromatic N) is 2. The average Bonchev–Trinajstić information content (AvgIpc) is 2.03. The van der Waals surface area contributed by atoms with Crippen LogP contribution < -0.4 is 9.64 Å². The van der Waals surface area contributed by atoms with Gasteiger partial charge in [0, 0.05) is 26.2 Å². The minimum Gasteiger partial charge on any atom is -0.291 e. The summed E-state index contributed by atoms with van der Waals surface area (Å²) in [6.07, 6.45) is 1.40. The second kappa shape index (κ2) is 3.44. The highest BCUT2D eigenvalue weighted by atomic mass is 32.1. The molecular formula is C7H8N2O2S. The molecule has 0 aliphatic carbocycles. The van der Waals surface area contributed by atoms with E-state index in [0.29, 0.717) is 5.13 Å². The number of hydrogen-bond acceptors (Lipinski definition) is 4. The molecule has 5 heteroatoms. The normalized spacial score (nSPS) is 9.50. The second-order valence-electron chi connectivity index (χ2n) is 2.23. The highest BCUT2D eigenvalue weighted by molar-refractivity contribution is 7.13. The van der Waals surface area contributed by atoms with Gasteiger partial charge in [0.15, 0.2) is 5.13 Å². The lowest BCUT2D eigenvalue weighted by Crippen LogP contribution is -2.23. The van der Waals surface area contributed by atoms with Crippen molar-refractivity contribution in [2.45, 2.75) is 6.92 Å². The zero-order valence-electron chi connectivity index (χ0n) is 6.77. The first-order valence-corrected chi connectivity index (χ1v) is 4.13. The lowest BCUT2D eigenvalue weighted by atomic mass is 10.6. The van der Waals surface area contributed by atoms with Crippen molar-refractivity contribution in [1.82, 2.24) is 4.98 Å². The molecule has 0 aromatic carbocycles. The van der Waals surface area contributed by atoms with Gasteiger partial charge < -0.3 is 0 Å². The molecule has 64 valence electrons. The molecule has 4 nitrogen and oxygen atoms in total. The SMILES string of the molecule is CC(=O)N(C)c1nccc(=O)s1. The fraction of sp³-hybridized carbons (Fsp3) is 0.286. The van der Waals surface area contributed by atoms with E-state index in [2.05, 4.69) is 4.98 Å². The van der Waals surface area contributed by atoms with Crippen molar-refractivity contribution in [3.05, 3.63) is 21.8 Å². The molecule has 0 unspecified atom stereocenters. The summed E-state index contributed by atoms with van der Waals surface area (Å²) in [5.74, 6) is -0.135. The zero-order valence-corrected chi connectivity index (χ0v) is 7.59. The van der Waals surface area contributed by atoms with Crippen LogP contribution in [0.2, 0.25) is 0 Å². The van der Waals surface area contributed by atoms with Gasteiger partial charge in [0.2, 0.25) is 10.6 Å². The maximum atomic E-state index is 10.9. The van der Waals surface area contributed by atoms with Crippen molar-refractivity contribution in [1.29, 1.82) is 0 Å². The smallest absolute Gasteiger partial charge is 0.237 e. The Morgan fingerprint density at radius 3 is 2.83 bits per heavy atom. The third-order valence-electron chi connectivity index (χ3n) is 1.35. The molecule has 0 aliphatic heterocycles. The first kappa shape index (κ1) is 8.86. The standard InChI is InChI=1S/C7H8N2O2S/c1-5(10)9(2)7-8-4-3-6(11)12-7/h3-4H,1-2H3. The van der Waals surface area contributed by atoms with Crippen molar-refractivity contribution in [2.75, 3.05) is 11.9 Å². The van der Waals surface area contributed by atoms with Crippen molar-refractivity contribution in [2.24, 2.45) is 0 Å². The number of hydrogen-bond donors (Lipinski definition) is 0. The minimum atomic E-state index is -0.135. The van der Waals surface area contributed by atoms with E-state index < -0.39 is 0 Å². The van der Waals surface area contributed by atoms with E-state index in [1.807, 2.05) is 0 Å². The summed E-state index contributed by atoms with van der Waals surface area (Å²) in [7, 11) is 1.58. The van der Waals surface area contributed by atoms with Gasteiger partial charge in [-0.15, -0.1) is 0 Å². The Labute approximate surface area is 73.5 Å². The maximum Gasteiger partial charge on any atom is 0.237 e. The molecule has 0 N–H and O–H groups in total. The quantitative estimate of drug-likeness (QED) is 0.638. The fourth-order valence-electron chi connectivity index (χ4n) is 0.602. The number of carbonyl (C=O) groups excluding carboxylic acids is 1. The number of rotatable bonds is 1. The lowest BCUT2D eigenvalue weighted by molar-refractivity contribution is -0.116. The third kappa shape index (κ3) is 1.88. The third-order valence-corrected chi connectivity index (χ3v) is 2.25. The molecule has 1 aromatic heterocycles.